The van der Waals surface area contributed by atoms with Crippen LogP contribution in [0.4, 0.5) is 0 Å². The molecule has 0 aliphatic carbocycles. The second-order valence-corrected chi connectivity index (χ2v) is 7.11. The molecular formula is C12H19NOSi. The van der Waals surface area contributed by atoms with Gasteiger partial charge in [-0.2, -0.15) is 0 Å². The van der Waals surface area contributed by atoms with Gasteiger partial charge in [0.05, 0.1) is 5.60 Å². The Morgan fingerprint density at radius 2 is 1.60 bits per heavy atom. The van der Waals surface area contributed by atoms with Crippen LogP contribution in [0.2, 0.25) is 5.04 Å². The van der Waals surface area contributed by atoms with Gasteiger partial charge in [0, 0.05) is 12.4 Å². The molecule has 0 atom stereocenters. The molecule has 3 heteroatoms. The summed E-state index contributed by atoms with van der Waals surface area (Å²) in [4.78, 5) is 4.01. The quantitative estimate of drug-likeness (QED) is 0.731. The zero-order chi connectivity index (χ0) is 11.5. The predicted octanol–water partition coefficient (Wildman–Crippen LogP) is 3.17. The molecule has 2 nitrogen and oxygen atoms in total. The highest BCUT2D eigenvalue weighted by Gasteiger charge is 2.24. The average molecular weight is 221 g/mol. The summed E-state index contributed by atoms with van der Waals surface area (Å²) in [7, 11) is 0.498. The van der Waals surface area contributed by atoms with Crippen molar-refractivity contribution in [3.05, 3.63) is 30.1 Å². The Morgan fingerprint density at radius 1 is 1.07 bits per heavy atom. The van der Waals surface area contributed by atoms with Crippen LogP contribution in [0.3, 0.4) is 0 Å². The molecule has 1 aromatic heterocycles. The minimum absolute atomic E-state index is 0.226. The first-order chi connectivity index (χ1) is 6.81. The Hall–Kier alpha value is -0.673. The first-order valence-corrected chi connectivity index (χ1v) is 6.08. The molecule has 1 aromatic rings. The lowest BCUT2D eigenvalue weighted by molar-refractivity contribution is 0.109. The number of nitrogens with zero attached hydrogens (tertiary/aromatic N) is 1. The second-order valence-electron chi connectivity index (χ2n) is 5.20. The first-order valence-electron chi connectivity index (χ1n) is 5.17. The highest BCUT2D eigenvalue weighted by Crippen LogP contribution is 2.28. The van der Waals surface area contributed by atoms with Crippen LogP contribution in [0.25, 0.3) is 0 Å². The van der Waals surface area contributed by atoms with Crippen LogP contribution in [0.15, 0.2) is 24.5 Å². The maximum Gasteiger partial charge on any atom is 0.236 e. The Balaban J connectivity index is 2.68. The summed E-state index contributed by atoms with van der Waals surface area (Å²) >= 11 is 0. The first kappa shape index (κ1) is 12.4. The number of hydrogen-bond donors (Lipinski definition) is 0. The highest BCUT2D eigenvalue weighted by molar-refractivity contribution is 6.31. The minimum Gasteiger partial charge on any atom is -0.408 e. The van der Waals surface area contributed by atoms with Gasteiger partial charge < -0.3 is 4.43 Å². The van der Waals surface area contributed by atoms with Crippen molar-refractivity contribution in [1.29, 1.82) is 0 Å². The molecule has 0 bridgehead atoms. The smallest absolute Gasteiger partial charge is 0.236 e. The van der Waals surface area contributed by atoms with E-state index in [-0.39, 0.29) is 10.6 Å². The fourth-order valence-corrected chi connectivity index (χ4v) is 1.77. The van der Waals surface area contributed by atoms with Crippen molar-refractivity contribution in [2.75, 3.05) is 0 Å². The average Bonchev–Trinajstić information content (AvgIpc) is 2.16. The second kappa shape index (κ2) is 4.45. The van der Waals surface area contributed by atoms with Crippen molar-refractivity contribution in [3.63, 3.8) is 0 Å². The van der Waals surface area contributed by atoms with Crippen molar-refractivity contribution in [1.82, 2.24) is 4.98 Å². The minimum atomic E-state index is -0.228. The highest BCUT2D eigenvalue weighted by atomic mass is 28.2. The van der Waals surface area contributed by atoms with Gasteiger partial charge in [-0.25, -0.2) is 0 Å². The van der Waals surface area contributed by atoms with Crippen LogP contribution in [0, 0.1) is 0 Å². The summed E-state index contributed by atoms with van der Waals surface area (Å²) in [5.41, 5.74) is 0.948. The van der Waals surface area contributed by atoms with Crippen LogP contribution >= 0.6 is 0 Å². The van der Waals surface area contributed by atoms with E-state index in [0.717, 1.165) is 0 Å². The molecule has 1 rings (SSSR count). The van der Waals surface area contributed by atoms with Crippen LogP contribution in [0.1, 0.15) is 40.2 Å². The fourth-order valence-electron chi connectivity index (χ4n) is 1.09. The van der Waals surface area contributed by atoms with E-state index in [9.17, 15) is 0 Å². The lowest BCUT2D eigenvalue weighted by Crippen LogP contribution is -2.27. The number of pyridine rings is 1. The van der Waals surface area contributed by atoms with Gasteiger partial charge in [0.25, 0.3) is 0 Å². The maximum absolute atomic E-state index is 5.98. The molecule has 0 amide bonds. The van der Waals surface area contributed by atoms with E-state index < -0.39 is 0 Å². The zero-order valence-electron chi connectivity index (χ0n) is 10.2. The third-order valence-electron chi connectivity index (χ3n) is 1.99. The fraction of sp³-hybridized carbons (Fsp3) is 0.583. The molecule has 0 aromatic carbocycles. The summed E-state index contributed by atoms with van der Waals surface area (Å²) in [6.07, 6.45) is 3.61. The van der Waals surface area contributed by atoms with E-state index in [1.54, 1.807) is 12.4 Å². The zero-order valence-corrected chi connectivity index (χ0v) is 11.2. The van der Waals surface area contributed by atoms with Crippen molar-refractivity contribution < 1.29 is 4.43 Å². The molecule has 2 radical (unpaired) electrons. The van der Waals surface area contributed by atoms with Crippen molar-refractivity contribution in [2.24, 2.45) is 0 Å². The Kier molecular flexibility index (Phi) is 3.68. The van der Waals surface area contributed by atoms with Crippen molar-refractivity contribution >= 4 is 9.76 Å². The van der Waals surface area contributed by atoms with E-state index in [2.05, 4.69) is 39.6 Å². The molecule has 0 N–H and O–H groups in total. The maximum atomic E-state index is 5.98. The van der Waals surface area contributed by atoms with Gasteiger partial charge in [-0.1, -0.05) is 20.8 Å². The van der Waals surface area contributed by atoms with Gasteiger partial charge in [0.1, 0.15) is 0 Å². The van der Waals surface area contributed by atoms with Crippen LogP contribution < -0.4 is 0 Å². The normalized spacial score (nSPS) is 12.9. The van der Waals surface area contributed by atoms with E-state index in [1.165, 1.54) is 5.56 Å². The molecule has 0 aliphatic heterocycles. The molecule has 0 saturated carbocycles. The Bertz CT molecular complexity index is 303. The van der Waals surface area contributed by atoms with Gasteiger partial charge in [-0.05, 0) is 36.6 Å². The van der Waals surface area contributed by atoms with Crippen molar-refractivity contribution in [2.45, 2.75) is 45.3 Å². The topological polar surface area (TPSA) is 22.1 Å². The summed E-state index contributed by atoms with van der Waals surface area (Å²) < 4.78 is 5.98. The van der Waals surface area contributed by atoms with Crippen LogP contribution in [-0.4, -0.2) is 14.7 Å². The van der Waals surface area contributed by atoms with Gasteiger partial charge >= 0.3 is 0 Å². The largest absolute Gasteiger partial charge is 0.408 e. The third-order valence-corrected chi connectivity index (χ3v) is 3.21. The van der Waals surface area contributed by atoms with Gasteiger partial charge in [0.2, 0.25) is 9.76 Å². The lowest BCUT2D eigenvalue weighted by Gasteiger charge is -2.29. The molecule has 0 unspecified atom stereocenters. The van der Waals surface area contributed by atoms with Crippen LogP contribution in [-0.2, 0) is 10.0 Å². The van der Waals surface area contributed by atoms with E-state index in [4.69, 9.17) is 4.43 Å². The monoisotopic (exact) mass is 221 g/mol. The molecule has 0 fully saturated rings. The molecule has 0 aliphatic rings. The van der Waals surface area contributed by atoms with Gasteiger partial charge in [-0.3, -0.25) is 4.98 Å². The van der Waals surface area contributed by atoms with E-state index in [1.807, 2.05) is 12.1 Å². The van der Waals surface area contributed by atoms with Crippen molar-refractivity contribution in [3.8, 4) is 0 Å². The number of rotatable bonds is 3. The molecule has 82 valence electrons. The molecule has 15 heavy (non-hydrogen) atoms. The van der Waals surface area contributed by atoms with Gasteiger partial charge in [0.15, 0.2) is 0 Å². The lowest BCUT2D eigenvalue weighted by atomic mass is 10.0. The standard InChI is InChI=1S/C12H19NOSi/c1-11(2,3)15-14-12(4,5)10-6-8-13-9-7-10/h6-9H,1-5H3. The Labute approximate surface area is 95.0 Å². The summed E-state index contributed by atoms with van der Waals surface area (Å²) in [5, 5.41) is 0.226. The van der Waals surface area contributed by atoms with Gasteiger partial charge in [-0.15, -0.1) is 0 Å². The molecular weight excluding hydrogens is 202 g/mol. The predicted molar refractivity (Wildman–Crippen MR) is 63.8 cm³/mol. The SMILES string of the molecule is CC(C)(C)[Si]OC(C)(C)c1ccncc1. The number of aromatic nitrogens is 1. The summed E-state index contributed by atoms with van der Waals surface area (Å²) in [6, 6.07) is 4.01. The Morgan fingerprint density at radius 3 is 2.07 bits per heavy atom. The molecule has 0 spiro atoms. The summed E-state index contributed by atoms with van der Waals surface area (Å²) in [5.74, 6) is 0. The summed E-state index contributed by atoms with van der Waals surface area (Å²) in [6.45, 7) is 10.8. The van der Waals surface area contributed by atoms with E-state index >= 15 is 0 Å². The third kappa shape index (κ3) is 4.14. The molecule has 0 saturated heterocycles. The van der Waals surface area contributed by atoms with Crippen LogP contribution in [0.5, 0.6) is 0 Å². The molecule has 1 heterocycles. The van der Waals surface area contributed by atoms with E-state index in [0.29, 0.717) is 9.76 Å². The number of hydrogen-bond acceptors (Lipinski definition) is 2.